The first kappa shape index (κ1) is 45.6. The Labute approximate surface area is 361 Å². The number of fused-ring (bicyclic) bond motifs is 2. The lowest BCUT2D eigenvalue weighted by molar-refractivity contribution is -0.193. The van der Waals surface area contributed by atoms with Gasteiger partial charge >= 0.3 is 12.3 Å². The SMILES string of the molecule is CCCOCC1CN(Cc2ccccc2)C(=O)c2cc(-c3ccc(Cl)cc3)nn21.O=C1c2cc(-c3ccc(Cl)cc3)nn2C(CO)CN1Cc1ccccc1.O=C=O.O=C=O. The third-order valence-corrected chi connectivity index (χ3v) is 10.1. The van der Waals surface area contributed by atoms with Crippen LogP contribution in [0, 0.1) is 0 Å². The van der Waals surface area contributed by atoms with Crippen molar-refractivity contribution < 1.29 is 38.6 Å². The van der Waals surface area contributed by atoms with E-state index in [2.05, 4.69) is 12.0 Å². The molecule has 1 N–H and O–H groups in total. The van der Waals surface area contributed by atoms with E-state index in [1.807, 2.05) is 113 Å². The minimum absolute atomic E-state index is 0.00620. The van der Waals surface area contributed by atoms with E-state index in [0.29, 0.717) is 66.5 Å². The number of halogens is 2. The molecule has 2 amide bonds. The molecule has 0 radical (unpaired) electrons. The normalized spacial score (nSPS) is 15.0. The Morgan fingerprint density at radius 2 is 1.03 bits per heavy atom. The van der Waals surface area contributed by atoms with Crippen LogP contribution in [0.15, 0.2) is 121 Å². The van der Waals surface area contributed by atoms with Gasteiger partial charge in [-0.1, -0.05) is 115 Å². The van der Waals surface area contributed by atoms with Crippen LogP contribution in [0.25, 0.3) is 22.5 Å². The van der Waals surface area contributed by atoms with Crippen LogP contribution in [0.4, 0.5) is 0 Å². The highest BCUT2D eigenvalue weighted by molar-refractivity contribution is 6.30. The van der Waals surface area contributed by atoms with Gasteiger partial charge in [0.15, 0.2) is 0 Å². The molecule has 2 aliphatic rings. The van der Waals surface area contributed by atoms with Crippen LogP contribution in [0.1, 0.15) is 57.5 Å². The maximum Gasteiger partial charge on any atom is 0.373 e. The lowest BCUT2D eigenvalue weighted by Crippen LogP contribution is -2.44. The Bertz CT molecular complexity index is 2400. The number of ether oxygens (including phenoxy) is 1. The zero-order valence-electron chi connectivity index (χ0n) is 33.1. The lowest BCUT2D eigenvalue weighted by Gasteiger charge is -2.33. The van der Waals surface area contributed by atoms with E-state index in [9.17, 15) is 14.7 Å². The van der Waals surface area contributed by atoms with Crippen LogP contribution in [0.2, 0.25) is 10.0 Å². The second-order valence-electron chi connectivity index (χ2n) is 13.8. The lowest BCUT2D eigenvalue weighted by atomic mass is 10.1. The summed E-state index contributed by atoms with van der Waals surface area (Å²) >= 11 is 12.0. The van der Waals surface area contributed by atoms with E-state index < -0.39 is 0 Å². The van der Waals surface area contributed by atoms with E-state index in [0.717, 1.165) is 34.4 Å². The average Bonchev–Trinajstić information content (AvgIpc) is 3.93. The highest BCUT2D eigenvalue weighted by Crippen LogP contribution is 2.30. The quantitative estimate of drug-likeness (QED) is 0.133. The second kappa shape index (κ2) is 22.8. The van der Waals surface area contributed by atoms with Gasteiger partial charge in [-0.2, -0.15) is 29.4 Å². The summed E-state index contributed by atoms with van der Waals surface area (Å²) in [6, 6.07) is 38.1. The van der Waals surface area contributed by atoms with Gasteiger partial charge in [-0.05, 0) is 53.9 Å². The van der Waals surface area contributed by atoms with Crippen LogP contribution in [-0.2, 0) is 37.0 Å². The number of aliphatic hydroxyl groups excluding tert-OH is 1. The first-order valence-corrected chi connectivity index (χ1v) is 19.9. The number of hydrogen-bond donors (Lipinski definition) is 1. The van der Waals surface area contributed by atoms with E-state index in [-0.39, 0.29) is 42.8 Å². The molecule has 8 rings (SSSR count). The predicted octanol–water partition coefficient (Wildman–Crippen LogP) is 7.05. The van der Waals surface area contributed by atoms with Gasteiger partial charge in [0.1, 0.15) is 11.4 Å². The molecular weight excluding hydrogens is 823 g/mol. The van der Waals surface area contributed by atoms with Crippen molar-refractivity contribution in [1.29, 1.82) is 0 Å². The number of aliphatic hydroxyl groups is 1. The summed E-state index contributed by atoms with van der Waals surface area (Å²) in [4.78, 5) is 62.3. The zero-order valence-corrected chi connectivity index (χ0v) is 34.6. The van der Waals surface area contributed by atoms with Gasteiger partial charge in [-0.3, -0.25) is 19.0 Å². The molecule has 4 heterocycles. The number of carbonyl (C=O) groups excluding carboxylic acids is 6. The van der Waals surface area contributed by atoms with Crippen LogP contribution >= 0.6 is 23.2 Å². The third-order valence-electron chi connectivity index (χ3n) is 9.62. The number of aromatic nitrogens is 4. The molecular formula is C45H42Cl2N6O8. The van der Waals surface area contributed by atoms with E-state index in [1.165, 1.54) is 0 Å². The fourth-order valence-electron chi connectivity index (χ4n) is 6.84. The standard InChI is InChI=1S/C23H24ClN3O2.C20H18ClN3O2.2CO2/c1-2-12-29-16-20-15-26(14-17-6-4-3-5-7-17)23(28)22-13-21(25-27(20)22)18-8-10-19(24)11-9-18;21-16-8-6-15(7-9-16)18-10-19-20(26)23(11-14-4-2-1-3-5-14)12-17(13-25)24(19)22-18;2*2-1-3/h3-11,13,20H,2,12,14-16H2,1H3;1-10,17,25H,11-13H2;;. The number of rotatable bonds is 11. The first-order valence-electron chi connectivity index (χ1n) is 19.2. The maximum absolute atomic E-state index is 13.2. The number of benzene rings is 4. The largest absolute Gasteiger partial charge is 0.394 e. The molecule has 2 aliphatic heterocycles. The van der Waals surface area contributed by atoms with Gasteiger partial charge in [0.2, 0.25) is 0 Å². The summed E-state index contributed by atoms with van der Waals surface area (Å²) in [6.45, 7) is 5.33. The van der Waals surface area contributed by atoms with Crippen molar-refractivity contribution in [3.05, 3.63) is 154 Å². The smallest absolute Gasteiger partial charge is 0.373 e. The zero-order chi connectivity index (χ0) is 43.7. The minimum atomic E-state index is -0.257. The third kappa shape index (κ3) is 12.1. The van der Waals surface area contributed by atoms with Gasteiger partial charge in [-0.25, -0.2) is 0 Å². The molecule has 16 heteroatoms. The molecule has 6 aromatic rings. The van der Waals surface area contributed by atoms with Crippen molar-refractivity contribution in [3.63, 3.8) is 0 Å². The predicted molar refractivity (Wildman–Crippen MR) is 224 cm³/mol. The Morgan fingerprint density at radius 1 is 0.639 bits per heavy atom. The van der Waals surface area contributed by atoms with Crippen LogP contribution in [0.3, 0.4) is 0 Å². The van der Waals surface area contributed by atoms with E-state index in [1.54, 1.807) is 27.8 Å². The molecule has 2 atom stereocenters. The van der Waals surface area contributed by atoms with Gasteiger partial charge in [0, 0.05) is 54.0 Å². The summed E-state index contributed by atoms with van der Waals surface area (Å²) in [7, 11) is 0. The number of hydrogen-bond acceptors (Lipinski definition) is 10. The van der Waals surface area contributed by atoms with Crippen LogP contribution in [0.5, 0.6) is 0 Å². The first-order chi connectivity index (χ1) is 29.6. The van der Waals surface area contributed by atoms with E-state index in [4.69, 9.17) is 52.2 Å². The summed E-state index contributed by atoms with van der Waals surface area (Å²) in [5.74, 6) is -0.0837. The molecule has 14 nitrogen and oxygen atoms in total. The Balaban J connectivity index is 0.000000206. The van der Waals surface area contributed by atoms with Crippen molar-refractivity contribution in [1.82, 2.24) is 29.4 Å². The molecule has 0 spiro atoms. The summed E-state index contributed by atoms with van der Waals surface area (Å²) < 4.78 is 9.31. The van der Waals surface area contributed by atoms with Crippen molar-refractivity contribution in [2.45, 2.75) is 38.5 Å². The molecule has 2 aromatic heterocycles. The van der Waals surface area contributed by atoms with Gasteiger partial charge in [0.25, 0.3) is 11.8 Å². The van der Waals surface area contributed by atoms with Crippen molar-refractivity contribution >= 4 is 47.3 Å². The molecule has 0 bridgehead atoms. The molecule has 0 saturated heterocycles. The van der Waals surface area contributed by atoms with E-state index >= 15 is 0 Å². The number of amides is 2. The molecule has 0 saturated carbocycles. The van der Waals surface area contributed by atoms with Crippen molar-refractivity contribution in [2.75, 3.05) is 32.9 Å². The molecule has 61 heavy (non-hydrogen) atoms. The number of nitrogens with zero attached hydrogens (tertiary/aromatic N) is 6. The molecule has 4 aromatic carbocycles. The fourth-order valence-corrected chi connectivity index (χ4v) is 7.10. The molecule has 0 fully saturated rings. The average molecular weight is 866 g/mol. The van der Waals surface area contributed by atoms with Crippen molar-refractivity contribution in [2.24, 2.45) is 0 Å². The van der Waals surface area contributed by atoms with Crippen molar-refractivity contribution in [3.8, 4) is 22.5 Å². The Hall–Kier alpha value is -6.50. The summed E-state index contributed by atoms with van der Waals surface area (Å²) in [5.41, 5.74) is 6.56. The second-order valence-corrected chi connectivity index (χ2v) is 14.7. The highest BCUT2D eigenvalue weighted by Gasteiger charge is 2.34. The minimum Gasteiger partial charge on any atom is -0.394 e. The molecule has 0 aliphatic carbocycles. The Kier molecular flexibility index (Phi) is 17.0. The topological polar surface area (TPSA) is 174 Å². The maximum atomic E-state index is 13.2. The molecule has 314 valence electrons. The van der Waals surface area contributed by atoms with Crippen LogP contribution in [-0.4, -0.2) is 91.5 Å². The Morgan fingerprint density at radius 3 is 1.43 bits per heavy atom. The summed E-state index contributed by atoms with van der Waals surface area (Å²) in [6.07, 6.45) is 1.46. The van der Waals surface area contributed by atoms with Gasteiger partial charge in [-0.15, -0.1) is 0 Å². The van der Waals surface area contributed by atoms with Crippen LogP contribution < -0.4 is 0 Å². The highest BCUT2D eigenvalue weighted by atomic mass is 35.5. The molecule has 2 unspecified atom stereocenters. The summed E-state index contributed by atoms with van der Waals surface area (Å²) in [5, 5.41) is 20.4. The van der Waals surface area contributed by atoms with Gasteiger partial charge < -0.3 is 19.6 Å². The fraction of sp³-hybridized carbons (Fsp3) is 0.244. The number of carbonyl (C=O) groups is 2. The van der Waals surface area contributed by atoms with Gasteiger partial charge in [0.05, 0.1) is 36.7 Å². The monoisotopic (exact) mass is 864 g/mol.